The number of nitrogens with one attached hydrogen (secondary N) is 1. The van der Waals surface area contributed by atoms with Crippen molar-refractivity contribution >= 4 is 25.8 Å². The molecule has 0 aliphatic rings. The van der Waals surface area contributed by atoms with Crippen LogP contribution in [-0.4, -0.2) is 31.9 Å². The highest BCUT2D eigenvalue weighted by molar-refractivity contribution is 8.13. The molecular formula is C14H20ClNO4S. The van der Waals surface area contributed by atoms with E-state index in [1.165, 1.54) is 0 Å². The Kier molecular flexibility index (Phi) is 6.04. The third-order valence-corrected chi connectivity index (χ3v) is 3.62. The minimum Gasteiger partial charge on any atom is -0.444 e. The molecule has 0 aromatic heterocycles. The summed E-state index contributed by atoms with van der Waals surface area (Å²) in [5.41, 5.74) is 0.250. The monoisotopic (exact) mass is 333 g/mol. The lowest BCUT2D eigenvalue weighted by Crippen LogP contribution is -2.43. The van der Waals surface area contributed by atoms with E-state index in [1.807, 2.05) is 30.3 Å². The quantitative estimate of drug-likeness (QED) is 0.841. The van der Waals surface area contributed by atoms with Crippen LogP contribution in [0, 0.1) is 0 Å². The van der Waals surface area contributed by atoms with Gasteiger partial charge >= 0.3 is 6.09 Å². The first-order chi connectivity index (χ1) is 9.55. The Morgan fingerprint density at radius 2 is 1.86 bits per heavy atom. The zero-order valence-electron chi connectivity index (χ0n) is 12.3. The molecule has 0 saturated heterocycles. The number of alkyl carbamates (subject to hydrolysis) is 1. The molecule has 0 aliphatic carbocycles. The van der Waals surface area contributed by atoms with Gasteiger partial charge in [-0.15, -0.1) is 0 Å². The Labute approximate surface area is 130 Å². The van der Waals surface area contributed by atoms with Crippen molar-refractivity contribution in [1.82, 2.24) is 5.32 Å². The van der Waals surface area contributed by atoms with E-state index in [4.69, 9.17) is 15.4 Å². The van der Waals surface area contributed by atoms with Gasteiger partial charge in [0.2, 0.25) is 9.05 Å². The maximum absolute atomic E-state index is 11.8. The SMILES string of the molecule is CC(C)(C)OC(=O)N[C@@H](Cc1ccccc1)CS(=O)(=O)Cl. The van der Waals surface area contributed by atoms with Gasteiger partial charge in [-0.05, 0) is 32.8 Å². The highest BCUT2D eigenvalue weighted by atomic mass is 35.7. The van der Waals surface area contributed by atoms with Crippen molar-refractivity contribution in [3.05, 3.63) is 35.9 Å². The Morgan fingerprint density at radius 3 is 2.33 bits per heavy atom. The van der Waals surface area contributed by atoms with Crippen LogP contribution in [0.3, 0.4) is 0 Å². The molecule has 1 aromatic rings. The van der Waals surface area contributed by atoms with E-state index in [0.29, 0.717) is 6.42 Å². The maximum Gasteiger partial charge on any atom is 0.407 e. The molecule has 0 fully saturated rings. The third-order valence-electron chi connectivity index (χ3n) is 2.45. The topological polar surface area (TPSA) is 72.5 Å². The lowest BCUT2D eigenvalue weighted by Gasteiger charge is -2.23. The molecule has 21 heavy (non-hydrogen) atoms. The van der Waals surface area contributed by atoms with Gasteiger partial charge in [-0.3, -0.25) is 0 Å². The molecule has 0 saturated carbocycles. The normalized spacial score (nSPS) is 13.5. The second-order valence-corrected chi connectivity index (χ2v) is 8.56. The van der Waals surface area contributed by atoms with Crippen LogP contribution in [0.1, 0.15) is 26.3 Å². The molecule has 1 aromatic carbocycles. The van der Waals surface area contributed by atoms with Gasteiger partial charge in [-0.1, -0.05) is 30.3 Å². The second-order valence-electron chi connectivity index (χ2n) is 5.74. The summed E-state index contributed by atoms with van der Waals surface area (Å²) < 4.78 is 27.7. The number of hydrogen-bond donors (Lipinski definition) is 1. The Balaban J connectivity index is 2.76. The predicted molar refractivity (Wildman–Crippen MR) is 82.9 cm³/mol. The van der Waals surface area contributed by atoms with Crippen LogP contribution in [0.25, 0.3) is 0 Å². The fraction of sp³-hybridized carbons (Fsp3) is 0.500. The fourth-order valence-electron chi connectivity index (χ4n) is 1.76. The van der Waals surface area contributed by atoms with Gasteiger partial charge in [0, 0.05) is 10.7 Å². The van der Waals surface area contributed by atoms with Crippen molar-refractivity contribution in [2.45, 2.75) is 38.8 Å². The standard InChI is InChI=1S/C14H20ClNO4S/c1-14(2,3)20-13(17)16-12(10-21(15,18)19)9-11-7-5-4-6-8-11/h4-8,12H,9-10H2,1-3H3,(H,16,17)/t12-/m0/s1. The van der Waals surface area contributed by atoms with Crippen LogP contribution in [0.5, 0.6) is 0 Å². The van der Waals surface area contributed by atoms with Gasteiger partial charge in [0.15, 0.2) is 0 Å². The van der Waals surface area contributed by atoms with Crippen molar-refractivity contribution in [1.29, 1.82) is 0 Å². The number of halogens is 1. The van der Waals surface area contributed by atoms with Gasteiger partial charge in [0.05, 0.1) is 11.8 Å². The Hall–Kier alpha value is -1.27. The van der Waals surface area contributed by atoms with Gasteiger partial charge in [-0.2, -0.15) is 0 Å². The van der Waals surface area contributed by atoms with E-state index in [2.05, 4.69) is 5.32 Å². The summed E-state index contributed by atoms with van der Waals surface area (Å²) in [6.07, 6.45) is -0.310. The highest BCUT2D eigenvalue weighted by Crippen LogP contribution is 2.10. The molecule has 1 amide bonds. The van der Waals surface area contributed by atoms with Crippen molar-refractivity contribution in [2.24, 2.45) is 0 Å². The molecule has 5 nitrogen and oxygen atoms in total. The van der Waals surface area contributed by atoms with Crippen molar-refractivity contribution in [3.8, 4) is 0 Å². The van der Waals surface area contributed by atoms with E-state index in [9.17, 15) is 13.2 Å². The lowest BCUT2D eigenvalue weighted by molar-refractivity contribution is 0.0509. The Bertz CT molecular complexity index is 566. The molecule has 1 atom stereocenters. The zero-order valence-corrected chi connectivity index (χ0v) is 13.9. The summed E-state index contributed by atoms with van der Waals surface area (Å²) in [5, 5.41) is 2.55. The summed E-state index contributed by atoms with van der Waals surface area (Å²) in [6.45, 7) is 5.20. The molecule has 0 heterocycles. The zero-order chi connectivity index (χ0) is 16.1. The summed E-state index contributed by atoms with van der Waals surface area (Å²) in [5.74, 6) is -0.358. The molecule has 1 rings (SSSR count). The number of rotatable bonds is 5. The third kappa shape index (κ3) is 8.57. The van der Waals surface area contributed by atoms with E-state index < -0.39 is 26.8 Å². The molecule has 1 N–H and O–H groups in total. The number of hydrogen-bond acceptors (Lipinski definition) is 4. The summed E-state index contributed by atoms with van der Waals surface area (Å²) in [6, 6.07) is 8.60. The minimum atomic E-state index is -3.73. The highest BCUT2D eigenvalue weighted by Gasteiger charge is 2.23. The molecule has 0 unspecified atom stereocenters. The van der Waals surface area contributed by atoms with Crippen molar-refractivity contribution in [3.63, 3.8) is 0 Å². The van der Waals surface area contributed by atoms with E-state index >= 15 is 0 Å². The van der Waals surface area contributed by atoms with Gasteiger partial charge in [0.1, 0.15) is 5.60 Å². The fourth-order valence-corrected chi connectivity index (χ4v) is 2.90. The first-order valence-corrected chi connectivity index (χ1v) is 8.99. The van der Waals surface area contributed by atoms with E-state index in [0.717, 1.165) is 5.56 Å². The number of amides is 1. The van der Waals surface area contributed by atoms with Crippen molar-refractivity contribution < 1.29 is 17.9 Å². The number of ether oxygens (including phenoxy) is 1. The van der Waals surface area contributed by atoms with Crippen LogP contribution in [0.15, 0.2) is 30.3 Å². The largest absolute Gasteiger partial charge is 0.444 e. The summed E-state index contributed by atoms with van der Waals surface area (Å²) >= 11 is 0. The smallest absolute Gasteiger partial charge is 0.407 e. The summed E-state index contributed by atoms with van der Waals surface area (Å²) in [4.78, 5) is 11.8. The Morgan fingerprint density at radius 1 is 1.29 bits per heavy atom. The molecule has 0 spiro atoms. The van der Waals surface area contributed by atoms with Crippen molar-refractivity contribution in [2.75, 3.05) is 5.75 Å². The lowest BCUT2D eigenvalue weighted by atomic mass is 10.1. The van der Waals surface area contributed by atoms with Crippen LogP contribution >= 0.6 is 10.7 Å². The average Bonchev–Trinajstić information content (AvgIpc) is 2.24. The van der Waals surface area contributed by atoms with Gasteiger partial charge < -0.3 is 10.1 Å². The second kappa shape index (κ2) is 7.13. The molecule has 118 valence electrons. The average molecular weight is 334 g/mol. The first-order valence-electron chi connectivity index (χ1n) is 6.51. The predicted octanol–water partition coefficient (Wildman–Crippen LogP) is 2.69. The number of carbonyl (C=O) groups is 1. The number of carbonyl (C=O) groups excluding carboxylic acids is 1. The van der Waals surface area contributed by atoms with Crippen LogP contribution in [-0.2, 0) is 20.2 Å². The minimum absolute atomic E-state index is 0.353. The van der Waals surface area contributed by atoms with Crippen LogP contribution < -0.4 is 5.32 Å². The van der Waals surface area contributed by atoms with Crippen LogP contribution in [0.4, 0.5) is 4.79 Å². The molecule has 0 aliphatic heterocycles. The van der Waals surface area contributed by atoms with Crippen LogP contribution in [0.2, 0.25) is 0 Å². The van der Waals surface area contributed by atoms with Gasteiger partial charge in [0.25, 0.3) is 0 Å². The van der Waals surface area contributed by atoms with E-state index in [1.54, 1.807) is 20.8 Å². The molecule has 7 heteroatoms. The molecular weight excluding hydrogens is 314 g/mol. The van der Waals surface area contributed by atoms with Gasteiger partial charge in [-0.25, -0.2) is 13.2 Å². The molecule has 0 radical (unpaired) electrons. The summed E-state index contributed by atoms with van der Waals surface area (Å²) in [7, 11) is 1.56. The van der Waals surface area contributed by atoms with E-state index in [-0.39, 0.29) is 5.75 Å². The maximum atomic E-state index is 11.8. The number of benzene rings is 1. The first kappa shape index (κ1) is 17.8. The molecule has 0 bridgehead atoms.